The number of fused-ring (bicyclic) bond motifs is 1. The van der Waals surface area contributed by atoms with Crippen molar-refractivity contribution in [1.29, 1.82) is 0 Å². The second-order valence-corrected chi connectivity index (χ2v) is 8.71. The first-order valence-electron chi connectivity index (χ1n) is 11.5. The molecule has 0 radical (unpaired) electrons. The Bertz CT molecular complexity index is 1480. The van der Waals surface area contributed by atoms with Crippen molar-refractivity contribution in [3.63, 3.8) is 0 Å². The Hall–Kier alpha value is -3.70. The quantitative estimate of drug-likeness (QED) is 0.330. The standard InChI is InChI=1S/C27H21ClN4O6.Na/c1-36-25-9-4-16(14-29-25)21-7-8-24(32-31-21)30-26(33)15-2-5-17(6-3-15)38-23-13-22-19(12-20(23)28)18(27(34)35)10-11-37-22;/h2-9,12-14,18H,10-11H2,1H3,(H,34,35)(H,30,32,33);/q;+1/p-1. The number of carboxylic acids is 1. The molecule has 192 valence electrons. The Morgan fingerprint density at radius 3 is 2.51 bits per heavy atom. The number of hydrogen-bond acceptors (Lipinski definition) is 9. The Balaban J connectivity index is 0.00000353. The average molecular weight is 555 g/mol. The van der Waals surface area contributed by atoms with Crippen LogP contribution in [0.1, 0.15) is 28.3 Å². The van der Waals surface area contributed by atoms with Gasteiger partial charge in [0.15, 0.2) is 5.82 Å². The van der Waals surface area contributed by atoms with Crippen LogP contribution in [0.3, 0.4) is 0 Å². The Morgan fingerprint density at radius 2 is 1.87 bits per heavy atom. The number of benzene rings is 2. The summed E-state index contributed by atoms with van der Waals surface area (Å²) in [5.74, 6) is -0.454. The number of anilines is 1. The monoisotopic (exact) mass is 554 g/mol. The average Bonchev–Trinajstić information content (AvgIpc) is 2.94. The van der Waals surface area contributed by atoms with Gasteiger partial charge in [0.25, 0.3) is 5.91 Å². The van der Waals surface area contributed by atoms with Crippen molar-refractivity contribution >= 4 is 29.3 Å². The summed E-state index contributed by atoms with van der Waals surface area (Å²) >= 11 is 6.34. The molecular weight excluding hydrogens is 535 g/mol. The van der Waals surface area contributed by atoms with Gasteiger partial charge >= 0.3 is 29.6 Å². The smallest absolute Gasteiger partial charge is 0.549 e. The number of halogens is 1. The van der Waals surface area contributed by atoms with Crippen LogP contribution in [-0.2, 0) is 4.79 Å². The van der Waals surface area contributed by atoms with Gasteiger partial charge in [-0.15, -0.1) is 10.2 Å². The molecular formula is C27H20ClN4NaO6. The van der Waals surface area contributed by atoms with Crippen LogP contribution in [0, 0.1) is 0 Å². The SMILES string of the molecule is COc1ccc(-c2ccc(NC(=O)c3ccc(Oc4cc5c(cc4Cl)C(C(=O)[O-])CCO5)cc3)nn2)cn1.[Na+]. The Kier molecular flexibility index (Phi) is 9.03. The van der Waals surface area contributed by atoms with Crippen molar-refractivity contribution in [3.8, 4) is 34.4 Å². The molecule has 12 heteroatoms. The predicted octanol–water partition coefficient (Wildman–Crippen LogP) is 0.865. The van der Waals surface area contributed by atoms with Gasteiger partial charge in [-0.05, 0) is 55.0 Å². The molecule has 39 heavy (non-hydrogen) atoms. The van der Waals surface area contributed by atoms with Crippen molar-refractivity contribution in [1.82, 2.24) is 15.2 Å². The maximum atomic E-state index is 12.7. The second-order valence-electron chi connectivity index (χ2n) is 8.30. The number of carbonyl (C=O) groups excluding carboxylic acids is 2. The minimum absolute atomic E-state index is 0. The van der Waals surface area contributed by atoms with Crippen LogP contribution >= 0.6 is 11.6 Å². The topological polar surface area (TPSA) is 136 Å². The van der Waals surface area contributed by atoms with Gasteiger partial charge < -0.3 is 29.4 Å². The zero-order chi connectivity index (χ0) is 26.6. The van der Waals surface area contributed by atoms with Gasteiger partial charge in [0.2, 0.25) is 5.88 Å². The number of aliphatic carboxylic acids is 1. The van der Waals surface area contributed by atoms with Crippen LogP contribution in [-0.4, -0.2) is 40.8 Å². The molecule has 0 saturated carbocycles. The molecule has 0 aliphatic carbocycles. The molecule has 1 amide bonds. The zero-order valence-corrected chi connectivity index (χ0v) is 23.8. The summed E-state index contributed by atoms with van der Waals surface area (Å²) in [5.41, 5.74) is 2.19. The van der Waals surface area contributed by atoms with Crippen LogP contribution in [0.2, 0.25) is 5.02 Å². The van der Waals surface area contributed by atoms with Gasteiger partial charge in [-0.2, -0.15) is 0 Å². The number of methoxy groups -OCH3 is 1. The first-order chi connectivity index (χ1) is 18.4. The number of carboxylic acid groups (broad SMARTS) is 1. The van der Waals surface area contributed by atoms with Gasteiger partial charge in [0, 0.05) is 46.9 Å². The summed E-state index contributed by atoms with van der Waals surface area (Å²) in [6, 6.07) is 16.4. The van der Waals surface area contributed by atoms with Crippen molar-refractivity contribution in [2.24, 2.45) is 0 Å². The van der Waals surface area contributed by atoms with Crippen LogP contribution in [0.15, 0.2) is 66.9 Å². The van der Waals surface area contributed by atoms with Crippen LogP contribution < -0.4 is 54.2 Å². The van der Waals surface area contributed by atoms with Crippen LogP contribution in [0.25, 0.3) is 11.3 Å². The number of nitrogens with zero attached hydrogens (tertiary/aromatic N) is 3. The largest absolute Gasteiger partial charge is 1.00 e. The maximum absolute atomic E-state index is 12.7. The van der Waals surface area contributed by atoms with E-state index < -0.39 is 11.9 Å². The van der Waals surface area contributed by atoms with Crippen molar-refractivity contribution in [2.45, 2.75) is 12.3 Å². The van der Waals surface area contributed by atoms with E-state index in [9.17, 15) is 14.7 Å². The molecule has 1 aliphatic heterocycles. The number of carbonyl (C=O) groups is 2. The molecule has 0 bridgehead atoms. The molecule has 0 fully saturated rings. The number of ether oxygens (including phenoxy) is 3. The fourth-order valence-electron chi connectivity index (χ4n) is 3.91. The molecule has 2 aromatic heterocycles. The van der Waals surface area contributed by atoms with Crippen molar-refractivity contribution in [2.75, 3.05) is 19.0 Å². The van der Waals surface area contributed by atoms with Gasteiger partial charge in [-0.3, -0.25) is 4.79 Å². The van der Waals surface area contributed by atoms with Crippen molar-refractivity contribution in [3.05, 3.63) is 83.0 Å². The number of aromatic nitrogens is 3. The molecule has 1 aliphatic rings. The summed E-state index contributed by atoms with van der Waals surface area (Å²) < 4.78 is 16.5. The molecule has 4 aromatic rings. The van der Waals surface area contributed by atoms with Gasteiger partial charge in [0.1, 0.15) is 17.2 Å². The maximum Gasteiger partial charge on any atom is 1.00 e. The molecule has 3 heterocycles. The third kappa shape index (κ3) is 6.48. The van der Waals surface area contributed by atoms with E-state index in [1.807, 2.05) is 6.07 Å². The molecule has 0 spiro atoms. The molecule has 1 unspecified atom stereocenters. The van der Waals surface area contributed by atoms with Gasteiger partial charge in [-0.1, -0.05) is 11.6 Å². The second kappa shape index (κ2) is 12.4. The molecule has 10 nitrogen and oxygen atoms in total. The fraction of sp³-hybridized carbons (Fsp3) is 0.148. The van der Waals surface area contributed by atoms with Crippen molar-refractivity contribution < 1.29 is 58.5 Å². The summed E-state index contributed by atoms with van der Waals surface area (Å²) in [4.78, 5) is 28.2. The third-order valence-corrected chi connectivity index (χ3v) is 6.18. The first-order valence-corrected chi connectivity index (χ1v) is 11.9. The predicted molar refractivity (Wildman–Crippen MR) is 136 cm³/mol. The van der Waals surface area contributed by atoms with Crippen LogP contribution in [0.5, 0.6) is 23.1 Å². The first kappa shape index (κ1) is 28.3. The number of pyridine rings is 1. The minimum atomic E-state index is -1.18. The van der Waals surface area contributed by atoms with E-state index in [4.69, 9.17) is 25.8 Å². The summed E-state index contributed by atoms with van der Waals surface area (Å²) in [5, 5.41) is 22.6. The summed E-state index contributed by atoms with van der Waals surface area (Å²) in [7, 11) is 1.54. The fourth-order valence-corrected chi connectivity index (χ4v) is 4.12. The molecule has 1 N–H and O–H groups in total. The Morgan fingerprint density at radius 1 is 1.08 bits per heavy atom. The number of hydrogen-bond donors (Lipinski definition) is 1. The van der Waals surface area contributed by atoms with Crippen LogP contribution in [0.4, 0.5) is 5.82 Å². The van der Waals surface area contributed by atoms with E-state index in [1.54, 1.807) is 54.7 Å². The molecule has 1 atom stereocenters. The zero-order valence-electron chi connectivity index (χ0n) is 21.0. The van der Waals surface area contributed by atoms with E-state index in [0.717, 1.165) is 5.56 Å². The van der Waals surface area contributed by atoms with E-state index in [2.05, 4.69) is 20.5 Å². The molecule has 2 aromatic carbocycles. The normalized spacial score (nSPS) is 13.7. The number of nitrogens with one attached hydrogen (secondary N) is 1. The number of rotatable bonds is 7. The van der Waals surface area contributed by atoms with E-state index in [0.29, 0.717) is 46.4 Å². The number of amides is 1. The van der Waals surface area contributed by atoms with Gasteiger partial charge in [0.05, 0.1) is 24.4 Å². The third-order valence-electron chi connectivity index (χ3n) is 5.88. The summed E-state index contributed by atoms with van der Waals surface area (Å²) in [6.45, 7) is 0.252. The Labute approximate surface area is 250 Å². The molecule has 5 rings (SSSR count). The minimum Gasteiger partial charge on any atom is -0.549 e. The molecule has 0 saturated heterocycles. The van der Waals surface area contributed by atoms with E-state index in [-0.39, 0.29) is 52.9 Å². The van der Waals surface area contributed by atoms with Gasteiger partial charge in [-0.25, -0.2) is 4.98 Å². The van der Waals surface area contributed by atoms with E-state index >= 15 is 0 Å². The summed E-state index contributed by atoms with van der Waals surface area (Å²) in [6.07, 6.45) is 1.94. The van der Waals surface area contributed by atoms with E-state index in [1.165, 1.54) is 13.2 Å².